The highest BCUT2D eigenvalue weighted by atomic mass is 35.5. The third kappa shape index (κ3) is 6.63. The highest BCUT2D eigenvalue weighted by Gasteiger charge is 2.33. The molecule has 1 aliphatic heterocycles. The van der Waals surface area contributed by atoms with E-state index < -0.39 is 5.91 Å². The Kier molecular flexibility index (Phi) is 8.98. The summed E-state index contributed by atoms with van der Waals surface area (Å²) < 4.78 is 6.73. The lowest BCUT2D eigenvalue weighted by Crippen LogP contribution is -2.46. The van der Waals surface area contributed by atoms with Gasteiger partial charge in [-0.25, -0.2) is 14.9 Å². The Morgan fingerprint density at radius 1 is 1.23 bits per heavy atom. The lowest BCUT2D eigenvalue weighted by atomic mass is 9.94. The minimum atomic E-state index is -0.399. The first kappa shape index (κ1) is 27.2. The van der Waals surface area contributed by atoms with E-state index in [2.05, 4.69) is 36.1 Å². The van der Waals surface area contributed by atoms with Gasteiger partial charge in [0.15, 0.2) is 5.13 Å². The van der Waals surface area contributed by atoms with Crippen molar-refractivity contribution in [1.82, 2.24) is 15.3 Å². The molecule has 2 aromatic heterocycles. The summed E-state index contributed by atoms with van der Waals surface area (Å²) in [6.45, 7) is 7.66. The fraction of sp³-hybridized carbons (Fsp3) is 0.417. The van der Waals surface area contributed by atoms with Crippen LogP contribution in [0.2, 0.25) is 0 Å². The molecule has 3 aromatic rings. The predicted octanol–water partition coefficient (Wildman–Crippen LogP) is 4.90. The molecule has 1 saturated heterocycles. The molecule has 4 rings (SSSR count). The molecule has 11 heteroatoms. The largest absolute Gasteiger partial charge is 0.444 e. The number of thiazole rings is 1. The van der Waals surface area contributed by atoms with E-state index in [0.717, 1.165) is 29.4 Å². The number of imide groups is 1. The number of nitrogens with zero attached hydrogens (tertiary/aromatic N) is 3. The lowest BCUT2D eigenvalue weighted by molar-refractivity contribution is -0.122. The molecule has 1 aromatic carbocycles. The number of benzene rings is 1. The Balaban J connectivity index is 0.00000342. The molecule has 0 radical (unpaired) electrons. The molecule has 35 heavy (non-hydrogen) atoms. The molecule has 1 atom stereocenters. The number of nitrogen functional groups attached to an aromatic ring is 1. The van der Waals surface area contributed by atoms with E-state index in [0.29, 0.717) is 34.6 Å². The maximum atomic E-state index is 13.4. The van der Waals surface area contributed by atoms with Crippen molar-refractivity contribution in [2.45, 2.75) is 49.0 Å². The predicted molar refractivity (Wildman–Crippen MR) is 142 cm³/mol. The molecule has 0 aliphatic carbocycles. The third-order valence-corrected chi connectivity index (χ3v) is 7.68. The molecular formula is C24H30ClN5O3S2. The number of piperidine rings is 1. The molecule has 1 fully saturated rings. The van der Waals surface area contributed by atoms with Gasteiger partial charge in [-0.3, -0.25) is 9.59 Å². The fourth-order valence-corrected chi connectivity index (χ4v) is 5.38. The summed E-state index contributed by atoms with van der Waals surface area (Å²) in [5.74, 6) is 1.09. The van der Waals surface area contributed by atoms with Gasteiger partial charge in [-0.15, -0.1) is 24.2 Å². The summed E-state index contributed by atoms with van der Waals surface area (Å²) >= 11 is 2.83. The molecule has 3 N–H and O–H groups in total. The van der Waals surface area contributed by atoms with Crippen LogP contribution in [0, 0.1) is 5.92 Å². The quantitative estimate of drug-likeness (QED) is 0.260. The average Bonchev–Trinajstić information content (AvgIpc) is 3.48. The van der Waals surface area contributed by atoms with Gasteiger partial charge >= 0.3 is 0 Å². The monoisotopic (exact) mass is 535 g/mol. The molecule has 0 bridgehead atoms. The van der Waals surface area contributed by atoms with Gasteiger partial charge in [0.1, 0.15) is 5.76 Å². The maximum Gasteiger partial charge on any atom is 0.266 e. The highest BCUT2D eigenvalue weighted by molar-refractivity contribution is 8.00. The average molecular weight is 536 g/mol. The SMILES string of the molecule is CC(C)(C)c1cnc(CSc2cnc(N(C(=O)c3ccc(N)cc3)C(=O)C3CCCNC3)s2)o1.Cl. The number of rotatable bonds is 6. The van der Waals surface area contributed by atoms with E-state index in [4.69, 9.17) is 10.2 Å². The third-order valence-electron chi connectivity index (χ3n) is 5.52. The van der Waals surface area contributed by atoms with Gasteiger partial charge in [0, 0.05) is 23.2 Å². The van der Waals surface area contributed by atoms with Crippen LogP contribution in [-0.2, 0) is 16.0 Å². The zero-order valence-corrected chi connectivity index (χ0v) is 22.4. The van der Waals surface area contributed by atoms with Crippen molar-refractivity contribution in [2.24, 2.45) is 5.92 Å². The smallest absolute Gasteiger partial charge is 0.266 e. The van der Waals surface area contributed by atoms with Crippen LogP contribution in [-0.4, -0.2) is 34.9 Å². The van der Waals surface area contributed by atoms with Crippen LogP contribution in [0.25, 0.3) is 0 Å². The molecule has 3 heterocycles. The molecule has 1 unspecified atom stereocenters. The molecule has 188 valence electrons. The number of nitrogens with two attached hydrogens (primary N) is 1. The van der Waals surface area contributed by atoms with Crippen molar-refractivity contribution in [3.05, 3.63) is 53.9 Å². The van der Waals surface area contributed by atoms with Gasteiger partial charge in [0.2, 0.25) is 11.8 Å². The summed E-state index contributed by atoms with van der Waals surface area (Å²) in [4.78, 5) is 36.9. The van der Waals surface area contributed by atoms with Gasteiger partial charge in [0.05, 0.1) is 28.3 Å². The van der Waals surface area contributed by atoms with Gasteiger partial charge < -0.3 is 15.5 Å². The second kappa shape index (κ2) is 11.6. The Bertz CT molecular complexity index is 1150. The number of amides is 2. The first-order chi connectivity index (χ1) is 16.2. The number of anilines is 2. The molecule has 1 aliphatic rings. The van der Waals surface area contributed by atoms with Crippen molar-refractivity contribution in [1.29, 1.82) is 0 Å². The van der Waals surface area contributed by atoms with Crippen LogP contribution in [0.5, 0.6) is 0 Å². The zero-order valence-electron chi connectivity index (χ0n) is 19.9. The van der Waals surface area contributed by atoms with Gasteiger partial charge in [-0.1, -0.05) is 32.1 Å². The van der Waals surface area contributed by atoms with Crippen molar-refractivity contribution >= 4 is 58.1 Å². The normalized spacial score (nSPS) is 15.9. The Labute approximate surface area is 219 Å². The molecular weight excluding hydrogens is 506 g/mol. The topological polar surface area (TPSA) is 114 Å². The number of hydrogen-bond donors (Lipinski definition) is 2. The lowest BCUT2D eigenvalue weighted by Gasteiger charge is -2.27. The number of thioether (sulfide) groups is 1. The maximum absolute atomic E-state index is 13.4. The van der Waals surface area contributed by atoms with Crippen LogP contribution in [0.15, 0.2) is 45.3 Å². The van der Waals surface area contributed by atoms with Crippen LogP contribution in [0.4, 0.5) is 10.8 Å². The van der Waals surface area contributed by atoms with Crippen molar-refractivity contribution in [3.8, 4) is 0 Å². The number of carbonyl (C=O) groups excluding carboxylic acids is 2. The van der Waals surface area contributed by atoms with Crippen molar-refractivity contribution in [2.75, 3.05) is 23.7 Å². The number of nitrogens with one attached hydrogen (secondary N) is 1. The first-order valence-corrected chi connectivity index (χ1v) is 13.0. The molecule has 0 spiro atoms. The summed E-state index contributed by atoms with van der Waals surface area (Å²) in [6.07, 6.45) is 5.09. The number of carbonyl (C=O) groups is 2. The second-order valence-electron chi connectivity index (χ2n) is 9.26. The molecule has 8 nitrogen and oxygen atoms in total. The van der Waals surface area contributed by atoms with Gasteiger partial charge in [-0.05, 0) is 43.7 Å². The van der Waals surface area contributed by atoms with Crippen LogP contribution in [0.1, 0.15) is 55.6 Å². The standard InChI is InChI=1S/C24H29N5O3S2.ClH/c1-24(2,3)18-12-27-19(32-18)14-33-20-13-28-23(34-20)29(22(31)16-5-4-10-26-11-16)21(30)15-6-8-17(25)9-7-15;/h6-9,12-13,16,26H,4-5,10-11,14,25H2,1-3H3;1H. The van der Waals surface area contributed by atoms with Crippen LogP contribution in [0.3, 0.4) is 0 Å². The summed E-state index contributed by atoms with van der Waals surface area (Å²) in [5, 5.41) is 3.61. The Hall–Kier alpha value is -2.40. The van der Waals surface area contributed by atoms with Crippen LogP contribution >= 0.6 is 35.5 Å². The second-order valence-corrected chi connectivity index (χ2v) is 11.5. The van der Waals surface area contributed by atoms with E-state index in [-0.39, 0.29) is 29.6 Å². The van der Waals surface area contributed by atoms with Crippen molar-refractivity contribution in [3.63, 3.8) is 0 Å². The van der Waals surface area contributed by atoms with E-state index in [1.807, 2.05) is 0 Å². The Morgan fingerprint density at radius 2 is 1.97 bits per heavy atom. The Morgan fingerprint density at radius 3 is 2.60 bits per heavy atom. The van der Waals surface area contributed by atoms with Crippen LogP contribution < -0.4 is 16.0 Å². The summed E-state index contributed by atoms with van der Waals surface area (Å²) in [7, 11) is 0. The number of aromatic nitrogens is 2. The summed E-state index contributed by atoms with van der Waals surface area (Å²) in [5.41, 5.74) is 6.62. The number of halogens is 1. The minimum Gasteiger partial charge on any atom is -0.444 e. The number of oxazole rings is 1. The minimum absolute atomic E-state index is 0. The van der Waals surface area contributed by atoms with Crippen molar-refractivity contribution < 1.29 is 14.0 Å². The molecule has 2 amide bonds. The van der Waals surface area contributed by atoms with E-state index >= 15 is 0 Å². The van der Waals surface area contributed by atoms with Gasteiger partial charge in [-0.2, -0.15) is 0 Å². The van der Waals surface area contributed by atoms with E-state index in [1.165, 1.54) is 28.0 Å². The first-order valence-electron chi connectivity index (χ1n) is 11.2. The fourth-order valence-electron chi connectivity index (χ4n) is 3.56. The van der Waals surface area contributed by atoms with E-state index in [9.17, 15) is 9.59 Å². The molecule has 0 saturated carbocycles. The number of hydrogen-bond acceptors (Lipinski definition) is 9. The summed E-state index contributed by atoms with van der Waals surface area (Å²) in [6, 6.07) is 6.58. The van der Waals surface area contributed by atoms with Gasteiger partial charge in [0.25, 0.3) is 5.91 Å². The zero-order chi connectivity index (χ0) is 24.3. The highest BCUT2D eigenvalue weighted by Crippen LogP contribution is 2.35. The van der Waals surface area contributed by atoms with E-state index in [1.54, 1.807) is 36.7 Å².